The van der Waals surface area contributed by atoms with Gasteiger partial charge in [-0.25, -0.2) is 9.59 Å². The van der Waals surface area contributed by atoms with Crippen LogP contribution in [0.25, 0.3) is 0 Å². The number of hydrogen-bond acceptors (Lipinski definition) is 5. The highest BCUT2D eigenvalue weighted by Crippen LogP contribution is 1.99. The van der Waals surface area contributed by atoms with Gasteiger partial charge in [0.15, 0.2) is 0 Å². The fourth-order valence-electron chi connectivity index (χ4n) is 1.78. The first kappa shape index (κ1) is 25.0. The van der Waals surface area contributed by atoms with E-state index in [1.165, 1.54) is 12.1 Å². The van der Waals surface area contributed by atoms with Gasteiger partial charge in [-0.2, -0.15) is 0 Å². The Hall–Kier alpha value is -3.03. The van der Waals surface area contributed by atoms with Crippen molar-refractivity contribution in [1.29, 1.82) is 0 Å². The van der Waals surface area contributed by atoms with Gasteiger partial charge in [0, 0.05) is 5.56 Å². The van der Waals surface area contributed by atoms with Crippen LogP contribution in [-0.4, -0.2) is 50.4 Å². The van der Waals surface area contributed by atoms with Gasteiger partial charge in [0.05, 0.1) is 17.8 Å². The number of ketones is 1. The molecule has 28 heavy (non-hydrogen) atoms. The molecule has 152 valence electrons. The van der Waals surface area contributed by atoms with E-state index in [-0.39, 0.29) is 17.8 Å². The van der Waals surface area contributed by atoms with Crippen molar-refractivity contribution >= 4 is 17.7 Å². The molecule has 0 fully saturated rings. The number of rotatable bonds is 6. The lowest BCUT2D eigenvalue weighted by Crippen LogP contribution is -2.12. The monoisotopic (exact) mass is 390 g/mol. The predicted octanol–water partition coefficient (Wildman–Crippen LogP) is 2.87. The minimum Gasteiger partial charge on any atom is -0.478 e. The number of aliphatic hydroxyl groups excluding tert-OH is 2. The molecule has 0 radical (unpaired) electrons. The largest absolute Gasteiger partial charge is 0.478 e. The summed E-state index contributed by atoms with van der Waals surface area (Å²) in [6.45, 7) is 3.45. The highest BCUT2D eigenvalue weighted by Gasteiger charge is 2.12. The van der Waals surface area contributed by atoms with Crippen LogP contribution < -0.4 is 0 Å². The maximum Gasteiger partial charge on any atom is 0.377 e. The van der Waals surface area contributed by atoms with E-state index in [0.29, 0.717) is 18.4 Å². The quantitative estimate of drug-likeness (QED) is 0.440. The molecular formula is C21H26O7. The molecule has 0 heterocycles. The first-order chi connectivity index (χ1) is 13.1. The lowest BCUT2D eigenvalue weighted by atomic mass is 10.1. The van der Waals surface area contributed by atoms with Crippen LogP contribution in [0.2, 0.25) is 0 Å². The highest BCUT2D eigenvalue weighted by atomic mass is 16.4. The SMILES string of the molecule is CC(O)CCC(C)O.O=C(O)C(=O)c1ccccc1.O=C(O)c1ccccc1. The number of benzene rings is 2. The van der Waals surface area contributed by atoms with E-state index < -0.39 is 17.7 Å². The van der Waals surface area contributed by atoms with Gasteiger partial charge in [0.1, 0.15) is 0 Å². The average molecular weight is 390 g/mol. The van der Waals surface area contributed by atoms with E-state index in [9.17, 15) is 14.4 Å². The van der Waals surface area contributed by atoms with Crippen molar-refractivity contribution in [2.24, 2.45) is 0 Å². The zero-order valence-electron chi connectivity index (χ0n) is 15.9. The Bertz CT molecular complexity index is 702. The first-order valence-corrected chi connectivity index (χ1v) is 8.62. The molecule has 0 bridgehead atoms. The number of hydrogen-bond donors (Lipinski definition) is 4. The zero-order chi connectivity index (χ0) is 21.5. The number of aliphatic carboxylic acids is 1. The molecule has 0 aliphatic heterocycles. The minimum absolute atomic E-state index is 0.208. The van der Waals surface area contributed by atoms with Crippen LogP contribution in [0.15, 0.2) is 60.7 Å². The fraction of sp³-hybridized carbons (Fsp3) is 0.286. The molecular weight excluding hydrogens is 364 g/mol. The normalized spacial score (nSPS) is 11.6. The number of aliphatic hydroxyl groups is 2. The van der Waals surface area contributed by atoms with Crippen LogP contribution in [0.4, 0.5) is 0 Å². The summed E-state index contributed by atoms with van der Waals surface area (Å²) < 4.78 is 0. The van der Waals surface area contributed by atoms with E-state index in [2.05, 4.69) is 0 Å². The molecule has 0 spiro atoms. The molecule has 0 aromatic heterocycles. The average Bonchev–Trinajstić information content (AvgIpc) is 2.68. The molecule has 2 aromatic carbocycles. The Balaban J connectivity index is 0.000000397. The molecule has 0 saturated heterocycles. The van der Waals surface area contributed by atoms with E-state index in [4.69, 9.17) is 20.4 Å². The first-order valence-electron chi connectivity index (χ1n) is 8.62. The van der Waals surface area contributed by atoms with Crippen molar-refractivity contribution in [3.63, 3.8) is 0 Å². The summed E-state index contributed by atoms with van der Waals surface area (Å²) >= 11 is 0. The van der Waals surface area contributed by atoms with Crippen LogP contribution in [0.3, 0.4) is 0 Å². The Morgan fingerprint density at radius 3 is 1.32 bits per heavy atom. The number of carboxylic acid groups (broad SMARTS) is 2. The maximum atomic E-state index is 10.7. The Kier molecular flexibility index (Phi) is 12.6. The molecule has 7 nitrogen and oxygen atoms in total. The second-order valence-corrected chi connectivity index (χ2v) is 5.95. The van der Waals surface area contributed by atoms with Crippen molar-refractivity contribution in [2.75, 3.05) is 0 Å². The fourth-order valence-corrected chi connectivity index (χ4v) is 1.78. The molecule has 0 aliphatic carbocycles. The van der Waals surface area contributed by atoms with Crippen LogP contribution >= 0.6 is 0 Å². The number of carboxylic acids is 2. The number of aromatic carboxylic acids is 1. The predicted molar refractivity (Wildman–Crippen MR) is 104 cm³/mol. The van der Waals surface area contributed by atoms with Crippen molar-refractivity contribution < 1.29 is 34.8 Å². The molecule has 0 amide bonds. The van der Waals surface area contributed by atoms with Crippen molar-refractivity contribution in [1.82, 2.24) is 0 Å². The third-order valence-electron chi connectivity index (χ3n) is 3.25. The second-order valence-electron chi connectivity index (χ2n) is 5.95. The molecule has 2 rings (SSSR count). The van der Waals surface area contributed by atoms with Crippen LogP contribution in [0.1, 0.15) is 47.4 Å². The molecule has 2 aromatic rings. The summed E-state index contributed by atoms with van der Waals surface area (Å²) in [7, 11) is 0. The molecule has 4 N–H and O–H groups in total. The van der Waals surface area contributed by atoms with Crippen LogP contribution in [0.5, 0.6) is 0 Å². The minimum atomic E-state index is -1.42. The molecule has 2 atom stereocenters. The van der Waals surface area contributed by atoms with Gasteiger partial charge < -0.3 is 20.4 Å². The molecule has 2 unspecified atom stereocenters. The van der Waals surface area contributed by atoms with Crippen LogP contribution in [0, 0.1) is 0 Å². The summed E-state index contributed by atoms with van der Waals surface area (Å²) in [4.78, 5) is 31.1. The smallest absolute Gasteiger partial charge is 0.377 e. The molecule has 0 saturated carbocycles. The standard InChI is InChI=1S/C8H6O3.C7H6O2.C6H14O2/c9-7(8(10)11)6-4-2-1-3-5-6;8-7(9)6-4-2-1-3-5-6;1-5(7)3-4-6(2)8/h1-5H,(H,10,11);1-5H,(H,8,9);5-8H,3-4H2,1-2H3. The van der Waals surface area contributed by atoms with Gasteiger partial charge in [-0.15, -0.1) is 0 Å². The van der Waals surface area contributed by atoms with Crippen molar-refractivity contribution in [2.45, 2.75) is 38.9 Å². The van der Waals surface area contributed by atoms with E-state index in [0.717, 1.165) is 0 Å². The van der Waals surface area contributed by atoms with Gasteiger partial charge in [0.25, 0.3) is 5.78 Å². The van der Waals surface area contributed by atoms with Crippen molar-refractivity contribution in [3.8, 4) is 0 Å². The Labute approximate surface area is 163 Å². The lowest BCUT2D eigenvalue weighted by molar-refractivity contribution is -0.131. The van der Waals surface area contributed by atoms with Gasteiger partial charge in [-0.05, 0) is 38.8 Å². The van der Waals surface area contributed by atoms with E-state index in [1.807, 2.05) is 0 Å². The van der Waals surface area contributed by atoms with Crippen molar-refractivity contribution in [3.05, 3.63) is 71.8 Å². The van der Waals surface area contributed by atoms with Gasteiger partial charge in [-0.1, -0.05) is 48.5 Å². The second kappa shape index (κ2) is 14.1. The summed E-state index contributed by atoms with van der Waals surface area (Å²) in [6.07, 6.45) is 0.837. The van der Waals surface area contributed by atoms with Crippen LogP contribution in [-0.2, 0) is 4.79 Å². The summed E-state index contributed by atoms with van der Waals surface area (Å²) in [6, 6.07) is 16.2. The maximum absolute atomic E-state index is 10.7. The Morgan fingerprint density at radius 1 is 0.714 bits per heavy atom. The highest BCUT2D eigenvalue weighted by molar-refractivity contribution is 6.39. The zero-order valence-corrected chi connectivity index (χ0v) is 15.9. The topological polar surface area (TPSA) is 132 Å². The van der Waals surface area contributed by atoms with Gasteiger partial charge in [-0.3, -0.25) is 4.79 Å². The third kappa shape index (κ3) is 12.3. The number of carbonyl (C=O) groups is 3. The third-order valence-corrected chi connectivity index (χ3v) is 3.25. The van der Waals surface area contributed by atoms with E-state index >= 15 is 0 Å². The molecule has 0 aliphatic rings. The number of carbonyl (C=O) groups excluding carboxylic acids is 1. The molecule has 7 heteroatoms. The lowest BCUT2D eigenvalue weighted by Gasteiger charge is -2.04. The van der Waals surface area contributed by atoms with E-state index in [1.54, 1.807) is 62.4 Å². The number of Topliss-reactive ketones (excluding diaryl/α,β-unsaturated/α-hetero) is 1. The Morgan fingerprint density at radius 2 is 1.07 bits per heavy atom. The van der Waals surface area contributed by atoms with Gasteiger partial charge >= 0.3 is 11.9 Å². The van der Waals surface area contributed by atoms with Gasteiger partial charge in [0.2, 0.25) is 0 Å². The summed E-state index contributed by atoms with van der Waals surface area (Å²) in [5, 5.41) is 34.1. The summed E-state index contributed by atoms with van der Waals surface area (Å²) in [5.41, 5.74) is 0.539. The summed E-state index contributed by atoms with van der Waals surface area (Å²) in [5.74, 6) is -3.17.